The van der Waals surface area contributed by atoms with Crippen LogP contribution in [0, 0.1) is 5.92 Å². The van der Waals surface area contributed by atoms with E-state index in [1.165, 1.54) is 38.0 Å². The second-order valence-corrected chi connectivity index (χ2v) is 6.20. The molecule has 2 heterocycles. The van der Waals surface area contributed by atoms with Gasteiger partial charge < -0.3 is 5.32 Å². The number of benzene rings is 1. The van der Waals surface area contributed by atoms with E-state index in [9.17, 15) is 0 Å². The van der Waals surface area contributed by atoms with Gasteiger partial charge in [0.05, 0.1) is 10.0 Å². The molecular weight excluding hydrogens is 267 g/mol. The van der Waals surface area contributed by atoms with Crippen LogP contribution in [0.2, 0.25) is 10.0 Å². The van der Waals surface area contributed by atoms with E-state index in [-0.39, 0.29) is 0 Å². The smallest absolute Gasteiger partial charge is 0.0595 e. The van der Waals surface area contributed by atoms with E-state index in [4.69, 9.17) is 23.2 Å². The lowest BCUT2D eigenvalue weighted by Crippen LogP contribution is -2.43. The first-order valence-corrected chi connectivity index (χ1v) is 7.37. The Morgan fingerprint density at radius 3 is 2.94 bits per heavy atom. The molecule has 0 aliphatic carbocycles. The summed E-state index contributed by atoms with van der Waals surface area (Å²) in [6, 6.07) is 6.72. The Hall–Kier alpha value is -0.280. The van der Waals surface area contributed by atoms with Crippen molar-refractivity contribution in [2.45, 2.75) is 25.4 Å². The van der Waals surface area contributed by atoms with Crippen molar-refractivity contribution in [2.24, 2.45) is 5.92 Å². The zero-order chi connectivity index (χ0) is 12.5. The Morgan fingerprint density at radius 1 is 1.22 bits per heavy atom. The third-order valence-corrected chi connectivity index (χ3v) is 4.87. The van der Waals surface area contributed by atoms with E-state index in [1.807, 2.05) is 12.1 Å². The standard InChI is InChI=1S/C14H18Cl2N2/c15-12-2-1-10(7-13(12)16)8-18-6-4-14-11(9-18)3-5-17-14/h1-2,7,11,14,17H,3-6,8-9H2. The van der Waals surface area contributed by atoms with Crippen LogP contribution in [-0.4, -0.2) is 30.6 Å². The highest BCUT2D eigenvalue weighted by Crippen LogP contribution is 2.27. The summed E-state index contributed by atoms with van der Waals surface area (Å²) < 4.78 is 0. The highest BCUT2D eigenvalue weighted by molar-refractivity contribution is 6.42. The van der Waals surface area contributed by atoms with Gasteiger partial charge in [-0.2, -0.15) is 0 Å². The van der Waals surface area contributed by atoms with Crippen LogP contribution in [0.1, 0.15) is 18.4 Å². The third-order valence-electron chi connectivity index (χ3n) is 4.13. The monoisotopic (exact) mass is 284 g/mol. The van der Waals surface area contributed by atoms with E-state index < -0.39 is 0 Å². The number of hydrogen-bond donors (Lipinski definition) is 1. The van der Waals surface area contributed by atoms with Crippen molar-refractivity contribution in [1.82, 2.24) is 10.2 Å². The molecule has 2 nitrogen and oxygen atoms in total. The molecule has 2 unspecified atom stereocenters. The molecular formula is C14H18Cl2N2. The van der Waals surface area contributed by atoms with Crippen molar-refractivity contribution in [3.63, 3.8) is 0 Å². The molecule has 0 saturated carbocycles. The minimum absolute atomic E-state index is 0.638. The van der Waals surface area contributed by atoms with E-state index in [1.54, 1.807) is 0 Å². The van der Waals surface area contributed by atoms with Crippen molar-refractivity contribution in [2.75, 3.05) is 19.6 Å². The molecule has 0 amide bonds. The Balaban J connectivity index is 1.64. The summed E-state index contributed by atoms with van der Waals surface area (Å²) in [4.78, 5) is 2.54. The Bertz CT molecular complexity index is 436. The van der Waals surface area contributed by atoms with E-state index >= 15 is 0 Å². The normalized spacial score (nSPS) is 28.3. The molecule has 0 spiro atoms. The van der Waals surface area contributed by atoms with E-state index in [0.29, 0.717) is 10.0 Å². The molecule has 2 saturated heterocycles. The molecule has 1 N–H and O–H groups in total. The lowest BCUT2D eigenvalue weighted by molar-refractivity contribution is 0.156. The Morgan fingerprint density at radius 2 is 2.11 bits per heavy atom. The van der Waals surface area contributed by atoms with Crippen LogP contribution in [0.15, 0.2) is 18.2 Å². The van der Waals surface area contributed by atoms with Crippen molar-refractivity contribution in [1.29, 1.82) is 0 Å². The van der Waals surface area contributed by atoms with Crippen LogP contribution in [0.5, 0.6) is 0 Å². The number of likely N-dealkylation sites (tertiary alicyclic amines) is 1. The number of hydrogen-bond acceptors (Lipinski definition) is 2. The maximum Gasteiger partial charge on any atom is 0.0595 e. The number of nitrogens with one attached hydrogen (secondary N) is 1. The number of rotatable bonds is 2. The Kier molecular flexibility index (Phi) is 3.81. The number of halogens is 2. The molecule has 1 aromatic rings. The van der Waals surface area contributed by atoms with Gasteiger partial charge in [0.25, 0.3) is 0 Å². The van der Waals surface area contributed by atoms with Gasteiger partial charge in [-0.15, -0.1) is 0 Å². The summed E-state index contributed by atoms with van der Waals surface area (Å²) in [6.07, 6.45) is 2.59. The fourth-order valence-corrected chi connectivity index (χ4v) is 3.48. The molecule has 0 aromatic heterocycles. The van der Waals surface area contributed by atoms with Gasteiger partial charge in [-0.05, 0) is 49.5 Å². The summed E-state index contributed by atoms with van der Waals surface area (Å²) in [7, 11) is 0. The van der Waals surface area contributed by atoms with Crippen LogP contribution in [0.3, 0.4) is 0 Å². The maximum absolute atomic E-state index is 6.06. The molecule has 18 heavy (non-hydrogen) atoms. The summed E-state index contributed by atoms with van der Waals surface area (Å²) in [6.45, 7) is 4.56. The molecule has 2 aliphatic heterocycles. The fraction of sp³-hybridized carbons (Fsp3) is 0.571. The predicted octanol–water partition coefficient (Wildman–Crippen LogP) is 3.18. The summed E-state index contributed by atoms with van der Waals surface area (Å²) in [5.41, 5.74) is 1.26. The largest absolute Gasteiger partial charge is 0.314 e. The van der Waals surface area contributed by atoms with Gasteiger partial charge in [-0.3, -0.25) is 4.90 Å². The molecule has 0 radical (unpaired) electrons. The van der Waals surface area contributed by atoms with Crippen molar-refractivity contribution in [3.05, 3.63) is 33.8 Å². The SMILES string of the molecule is Clc1ccc(CN2CCC3NCCC3C2)cc1Cl. The summed E-state index contributed by atoms with van der Waals surface area (Å²) in [5, 5.41) is 4.89. The van der Waals surface area contributed by atoms with Gasteiger partial charge in [-0.25, -0.2) is 0 Å². The van der Waals surface area contributed by atoms with Crippen LogP contribution < -0.4 is 5.32 Å². The highest BCUT2D eigenvalue weighted by atomic mass is 35.5. The second-order valence-electron chi connectivity index (χ2n) is 5.38. The van der Waals surface area contributed by atoms with Crippen molar-refractivity contribution in [3.8, 4) is 0 Å². The van der Waals surface area contributed by atoms with Crippen LogP contribution in [-0.2, 0) is 6.54 Å². The third kappa shape index (κ3) is 2.67. The minimum atomic E-state index is 0.638. The molecule has 4 heteroatoms. The first-order valence-electron chi connectivity index (χ1n) is 6.62. The van der Waals surface area contributed by atoms with Gasteiger partial charge >= 0.3 is 0 Å². The predicted molar refractivity (Wildman–Crippen MR) is 76.3 cm³/mol. The molecule has 2 aliphatic rings. The number of nitrogens with zero attached hydrogens (tertiary/aromatic N) is 1. The van der Waals surface area contributed by atoms with Crippen LogP contribution >= 0.6 is 23.2 Å². The number of fused-ring (bicyclic) bond motifs is 1. The quantitative estimate of drug-likeness (QED) is 0.898. The first-order chi connectivity index (χ1) is 8.72. The lowest BCUT2D eigenvalue weighted by Gasteiger charge is -2.34. The van der Waals surface area contributed by atoms with Gasteiger partial charge in [0.15, 0.2) is 0 Å². The van der Waals surface area contributed by atoms with Crippen molar-refractivity contribution >= 4 is 23.2 Å². The Labute approximate surface area is 118 Å². The van der Waals surface area contributed by atoms with Crippen LogP contribution in [0.25, 0.3) is 0 Å². The molecule has 0 bridgehead atoms. The molecule has 2 atom stereocenters. The topological polar surface area (TPSA) is 15.3 Å². The molecule has 2 fully saturated rings. The average molecular weight is 285 g/mol. The molecule has 1 aromatic carbocycles. The minimum Gasteiger partial charge on any atom is -0.314 e. The summed E-state index contributed by atoms with van der Waals surface area (Å²) >= 11 is 12.0. The van der Waals surface area contributed by atoms with Gasteiger partial charge in [0.1, 0.15) is 0 Å². The van der Waals surface area contributed by atoms with E-state index in [0.717, 1.165) is 18.5 Å². The summed E-state index contributed by atoms with van der Waals surface area (Å²) in [5.74, 6) is 0.835. The fourth-order valence-electron chi connectivity index (χ4n) is 3.16. The maximum atomic E-state index is 6.06. The van der Waals surface area contributed by atoms with Crippen LogP contribution in [0.4, 0.5) is 0 Å². The molecule has 3 rings (SSSR count). The zero-order valence-electron chi connectivity index (χ0n) is 10.3. The van der Waals surface area contributed by atoms with Gasteiger partial charge in [0.2, 0.25) is 0 Å². The van der Waals surface area contributed by atoms with E-state index in [2.05, 4.69) is 16.3 Å². The zero-order valence-corrected chi connectivity index (χ0v) is 11.8. The first kappa shape index (κ1) is 12.7. The van der Waals surface area contributed by atoms with Gasteiger partial charge in [0, 0.05) is 19.1 Å². The highest BCUT2D eigenvalue weighted by Gasteiger charge is 2.32. The average Bonchev–Trinajstić information content (AvgIpc) is 2.81. The van der Waals surface area contributed by atoms with Gasteiger partial charge in [-0.1, -0.05) is 29.3 Å². The number of piperidine rings is 1. The van der Waals surface area contributed by atoms with Crippen molar-refractivity contribution < 1.29 is 0 Å². The lowest BCUT2D eigenvalue weighted by atomic mass is 9.93. The second kappa shape index (κ2) is 5.38. The molecule has 98 valence electrons.